The second kappa shape index (κ2) is 23.3. The minimum absolute atomic E-state index is 0.0808. The van der Waals surface area contributed by atoms with Gasteiger partial charge in [0.2, 0.25) is 11.8 Å². The van der Waals surface area contributed by atoms with Crippen molar-refractivity contribution < 1.29 is 28.7 Å². The molecule has 2 aliphatic heterocycles. The van der Waals surface area contributed by atoms with Gasteiger partial charge in [-0.25, -0.2) is 9.59 Å². The van der Waals surface area contributed by atoms with Gasteiger partial charge in [-0.1, -0.05) is 75.2 Å². The highest BCUT2D eigenvalue weighted by molar-refractivity contribution is 6.32. The van der Waals surface area contributed by atoms with Crippen molar-refractivity contribution in [1.82, 2.24) is 19.6 Å². The summed E-state index contributed by atoms with van der Waals surface area (Å²) in [5, 5.41) is 1.69. The van der Waals surface area contributed by atoms with Gasteiger partial charge in [-0.05, 0) is 212 Å². The molecule has 0 spiro atoms. The predicted molar refractivity (Wildman–Crippen MR) is 292 cm³/mol. The Kier molecular flexibility index (Phi) is 18.0. The van der Waals surface area contributed by atoms with E-state index in [0.29, 0.717) is 48.6 Å². The molecule has 12 heteroatoms. The lowest BCUT2D eigenvalue weighted by atomic mass is 9.80. The largest absolute Gasteiger partial charge is 0.444 e. The van der Waals surface area contributed by atoms with E-state index in [9.17, 15) is 19.2 Å². The van der Waals surface area contributed by atoms with E-state index in [1.807, 2.05) is 79.9 Å². The van der Waals surface area contributed by atoms with Crippen molar-refractivity contribution in [3.05, 3.63) is 79.8 Å². The molecule has 0 saturated heterocycles. The molecule has 2 fully saturated rings. The number of amides is 4. The predicted octanol–water partition coefficient (Wildman–Crippen LogP) is 13.9. The summed E-state index contributed by atoms with van der Waals surface area (Å²) in [6.45, 7) is 23.3. The number of fused-ring (bicyclic) bond motifs is 4. The Hall–Kier alpha value is -4.02. The monoisotopic (exact) mass is 1030 g/mol. The zero-order valence-corrected chi connectivity index (χ0v) is 47.3. The molecule has 10 nitrogen and oxygen atoms in total. The van der Waals surface area contributed by atoms with Crippen molar-refractivity contribution in [2.24, 2.45) is 35.5 Å². The first-order valence-electron chi connectivity index (χ1n) is 27.4. The Morgan fingerprint density at radius 1 is 0.611 bits per heavy atom. The number of carbonyl (C=O) groups is 4. The van der Waals surface area contributed by atoms with Crippen LogP contribution in [-0.2, 0) is 31.9 Å². The van der Waals surface area contributed by atoms with Crippen LogP contribution in [0.1, 0.15) is 169 Å². The second-order valence-corrected chi connectivity index (χ2v) is 25.7. The number of carbonyl (C=O) groups excluding carboxylic acids is 4. The molecule has 2 heterocycles. The van der Waals surface area contributed by atoms with Crippen LogP contribution in [-0.4, -0.2) is 107 Å². The van der Waals surface area contributed by atoms with Gasteiger partial charge in [-0.2, -0.15) is 0 Å². The third-order valence-electron chi connectivity index (χ3n) is 16.0. The Bertz CT molecular complexity index is 2360. The molecule has 2 aromatic rings. The summed E-state index contributed by atoms with van der Waals surface area (Å²) in [4.78, 5) is 60.2. The van der Waals surface area contributed by atoms with Gasteiger partial charge in [0.1, 0.15) is 11.2 Å². The van der Waals surface area contributed by atoms with Crippen LogP contribution in [0.2, 0.25) is 10.0 Å². The molecule has 6 aliphatic rings. The molecule has 4 aliphatic carbocycles. The van der Waals surface area contributed by atoms with Crippen molar-refractivity contribution in [2.45, 2.75) is 182 Å². The quantitative estimate of drug-likeness (QED) is 0.235. The van der Waals surface area contributed by atoms with Gasteiger partial charge in [-0.15, -0.1) is 0 Å². The molecule has 2 atom stereocenters. The number of nitrogens with zero attached hydrogens (tertiary/aromatic N) is 4. The van der Waals surface area contributed by atoms with Gasteiger partial charge in [0.25, 0.3) is 0 Å². The summed E-state index contributed by atoms with van der Waals surface area (Å²) in [5.41, 5.74) is 9.74. The van der Waals surface area contributed by atoms with E-state index in [1.165, 1.54) is 44.5 Å². The molecule has 72 heavy (non-hydrogen) atoms. The fourth-order valence-corrected chi connectivity index (χ4v) is 13.2. The maximum atomic E-state index is 13.9. The highest BCUT2D eigenvalue weighted by Crippen LogP contribution is 2.48. The molecular weight excluding hydrogens is 944 g/mol. The number of halogens is 2. The van der Waals surface area contributed by atoms with Gasteiger partial charge in [0.05, 0.1) is 12.1 Å². The number of ether oxygens (including phenoxy) is 2. The summed E-state index contributed by atoms with van der Waals surface area (Å²) in [7, 11) is 3.62. The van der Waals surface area contributed by atoms with Crippen LogP contribution >= 0.6 is 23.2 Å². The third kappa shape index (κ3) is 13.4. The Morgan fingerprint density at radius 2 is 1.04 bits per heavy atom. The summed E-state index contributed by atoms with van der Waals surface area (Å²) in [6.07, 6.45) is 12.5. The van der Waals surface area contributed by atoms with E-state index in [0.717, 1.165) is 113 Å². The van der Waals surface area contributed by atoms with Gasteiger partial charge in [0, 0.05) is 62.2 Å². The van der Waals surface area contributed by atoms with Crippen molar-refractivity contribution in [1.29, 1.82) is 0 Å². The number of rotatable bonds is 10. The highest BCUT2D eigenvalue weighted by Gasteiger charge is 2.42. The van der Waals surface area contributed by atoms with Crippen molar-refractivity contribution in [3.8, 4) is 0 Å². The molecule has 2 saturated carbocycles. The number of benzene rings is 2. The number of hydrogen-bond acceptors (Lipinski definition) is 6. The zero-order chi connectivity index (χ0) is 52.4. The molecule has 8 rings (SSSR count). The van der Waals surface area contributed by atoms with E-state index in [2.05, 4.69) is 49.6 Å². The molecule has 0 bridgehead atoms. The minimum atomic E-state index is -0.488. The average Bonchev–Trinajstić information content (AvgIpc) is 3.89. The number of hydrogen-bond donors (Lipinski definition) is 0. The molecule has 2 unspecified atom stereocenters. The lowest BCUT2D eigenvalue weighted by molar-refractivity contribution is -0.139. The van der Waals surface area contributed by atoms with E-state index in [1.54, 1.807) is 9.80 Å². The van der Waals surface area contributed by atoms with E-state index < -0.39 is 11.2 Å². The van der Waals surface area contributed by atoms with Crippen LogP contribution in [0.3, 0.4) is 0 Å². The third-order valence-corrected chi connectivity index (χ3v) is 16.6. The van der Waals surface area contributed by atoms with Crippen LogP contribution in [0.4, 0.5) is 9.59 Å². The smallest absolute Gasteiger partial charge is 0.410 e. The second-order valence-electron chi connectivity index (χ2n) is 24.9. The fourth-order valence-electron chi connectivity index (χ4n) is 12.6. The van der Waals surface area contributed by atoms with E-state index >= 15 is 0 Å². The molecule has 0 N–H and O–H groups in total. The van der Waals surface area contributed by atoms with Crippen molar-refractivity contribution in [3.63, 3.8) is 0 Å². The first-order valence-corrected chi connectivity index (χ1v) is 28.1. The average molecular weight is 1030 g/mol. The van der Waals surface area contributed by atoms with E-state index in [-0.39, 0.29) is 36.1 Å². The maximum Gasteiger partial charge on any atom is 0.410 e. The Morgan fingerprint density at radius 3 is 1.50 bits per heavy atom. The lowest BCUT2D eigenvalue weighted by Gasteiger charge is -2.41. The normalized spacial score (nSPS) is 24.0. The topological polar surface area (TPSA) is 99.7 Å². The summed E-state index contributed by atoms with van der Waals surface area (Å²) in [6, 6.07) is 12.8. The SMILES string of the molecule is CC(C)CC1C2=C(CCN1C(=O)C1CCC(CN(C)C(=O)OC(C)(C)C)CC1)c1c(Cl)cccc1C2.CC(C)CC1C2=C(CCN1C(=O)C1CCC(CN(C)C(=O)OC(C)(C)C)CC1)c1cccc(Cl)c1C2. The zero-order valence-electron chi connectivity index (χ0n) is 45.8. The van der Waals surface area contributed by atoms with Gasteiger partial charge in [-0.3, -0.25) is 9.59 Å². The summed E-state index contributed by atoms with van der Waals surface area (Å²) < 4.78 is 11.0. The molecular formula is C60H86Cl2N4O6. The van der Waals surface area contributed by atoms with Crippen LogP contribution in [0, 0.1) is 35.5 Å². The van der Waals surface area contributed by atoms with Crippen LogP contribution in [0.5, 0.6) is 0 Å². The minimum Gasteiger partial charge on any atom is -0.444 e. The first-order chi connectivity index (χ1) is 33.9. The highest BCUT2D eigenvalue weighted by atomic mass is 35.5. The maximum absolute atomic E-state index is 13.9. The molecule has 4 amide bonds. The van der Waals surface area contributed by atoms with Crippen LogP contribution in [0.15, 0.2) is 47.5 Å². The Labute approximate surface area is 442 Å². The first kappa shape index (κ1) is 55.7. The van der Waals surface area contributed by atoms with Crippen molar-refractivity contribution >= 4 is 58.3 Å². The van der Waals surface area contributed by atoms with Crippen LogP contribution in [0.25, 0.3) is 11.1 Å². The van der Waals surface area contributed by atoms with Crippen molar-refractivity contribution in [2.75, 3.05) is 40.3 Å². The Balaban J connectivity index is 0.000000211. The molecule has 396 valence electrons. The molecule has 0 radical (unpaired) electrons. The summed E-state index contributed by atoms with van der Waals surface area (Å²) >= 11 is 13.2. The summed E-state index contributed by atoms with van der Waals surface area (Å²) in [5.74, 6) is 2.67. The lowest BCUT2D eigenvalue weighted by Crippen LogP contribution is -2.48. The van der Waals surface area contributed by atoms with Crippen LogP contribution < -0.4 is 0 Å². The van der Waals surface area contributed by atoms with Gasteiger partial charge in [0.15, 0.2) is 0 Å². The van der Waals surface area contributed by atoms with Gasteiger partial charge < -0.3 is 29.1 Å². The fraction of sp³-hybridized carbons (Fsp3) is 0.667. The molecule has 0 aromatic heterocycles. The standard InChI is InChI=1S/2C30H43ClN2O3/c1-19(2)16-27-25-17-24-22(8-7-9-26(24)31)23(25)14-15-33(27)28(34)21-12-10-20(11-13-21)18-32(6)29(35)36-30(3,4)5;1-19(2)16-26-24-17-22-8-7-9-25(31)27(22)23(24)14-15-33(26)28(34)21-12-10-20(11-13-21)18-32(6)29(35)36-30(3,4)5/h7-9,19-21,27H,10-18H2,1-6H3;7-9,19-21,26H,10-18H2,1-6H3. The van der Waals surface area contributed by atoms with E-state index in [4.69, 9.17) is 32.7 Å². The van der Waals surface area contributed by atoms with Gasteiger partial charge >= 0.3 is 12.2 Å². The molecule has 2 aromatic carbocycles.